The third-order valence-electron chi connectivity index (χ3n) is 2.85. The highest BCUT2D eigenvalue weighted by Crippen LogP contribution is 2.30. The number of nitrogens with zero attached hydrogens (tertiary/aromatic N) is 1. The van der Waals surface area contributed by atoms with E-state index in [1.165, 1.54) is 11.3 Å². The Hall–Kier alpha value is -1.86. The lowest BCUT2D eigenvalue weighted by Gasteiger charge is -2.33. The van der Waals surface area contributed by atoms with Crippen molar-refractivity contribution in [3.05, 3.63) is 35.4 Å². The number of nitrogens with two attached hydrogens (primary N) is 1. The van der Waals surface area contributed by atoms with Crippen LogP contribution in [-0.2, 0) is 9.53 Å². The first kappa shape index (κ1) is 13.6. The van der Waals surface area contributed by atoms with Crippen LogP contribution in [0.15, 0.2) is 34.1 Å². The molecule has 2 heterocycles. The molecule has 0 saturated heterocycles. The molecule has 1 aliphatic heterocycles. The van der Waals surface area contributed by atoms with Crippen molar-refractivity contribution < 1.29 is 13.9 Å². The van der Waals surface area contributed by atoms with Gasteiger partial charge in [0.15, 0.2) is 5.11 Å². The van der Waals surface area contributed by atoms with E-state index in [1.54, 1.807) is 26.0 Å². The van der Waals surface area contributed by atoms with Gasteiger partial charge >= 0.3 is 5.97 Å². The Balaban J connectivity index is 2.45. The number of rotatable bonds is 3. The van der Waals surface area contributed by atoms with Gasteiger partial charge in [0.05, 0.1) is 18.4 Å². The molecule has 1 aliphatic rings. The van der Waals surface area contributed by atoms with Crippen molar-refractivity contribution in [2.75, 3.05) is 6.61 Å². The van der Waals surface area contributed by atoms with E-state index in [9.17, 15) is 4.79 Å². The van der Waals surface area contributed by atoms with Crippen LogP contribution in [0.25, 0.3) is 0 Å². The maximum atomic E-state index is 12.1. The molecule has 0 spiro atoms. The number of nitrogens with one attached hydrogen (secondary N) is 1. The number of hydrazine groups is 1. The molecule has 1 aromatic heterocycles. The number of esters is 1. The lowest BCUT2D eigenvalue weighted by atomic mass is 10.0. The zero-order valence-corrected chi connectivity index (χ0v) is 11.5. The third kappa shape index (κ3) is 2.47. The molecule has 0 saturated carbocycles. The van der Waals surface area contributed by atoms with E-state index in [1.807, 2.05) is 0 Å². The molecule has 0 amide bonds. The molecule has 0 aliphatic carbocycles. The van der Waals surface area contributed by atoms with Gasteiger partial charge in [-0.2, -0.15) is 0 Å². The average Bonchev–Trinajstić information content (AvgIpc) is 2.89. The van der Waals surface area contributed by atoms with Crippen LogP contribution < -0.4 is 11.2 Å². The third-order valence-corrected chi connectivity index (χ3v) is 3.16. The van der Waals surface area contributed by atoms with Crippen LogP contribution >= 0.6 is 12.2 Å². The summed E-state index contributed by atoms with van der Waals surface area (Å²) in [4.78, 5) is 12.1. The van der Waals surface area contributed by atoms with Crippen molar-refractivity contribution in [1.29, 1.82) is 0 Å². The Labute approximate surface area is 116 Å². The SMILES string of the molecule is CCOC(=O)C1=C(C)N(N)C(=S)NC1c1ccco1. The van der Waals surface area contributed by atoms with E-state index in [4.69, 9.17) is 27.2 Å². The molecule has 1 aromatic rings. The van der Waals surface area contributed by atoms with E-state index >= 15 is 0 Å². The van der Waals surface area contributed by atoms with Crippen LogP contribution in [0.4, 0.5) is 0 Å². The van der Waals surface area contributed by atoms with Crippen molar-refractivity contribution in [3.8, 4) is 0 Å². The van der Waals surface area contributed by atoms with Gasteiger partial charge in [0.25, 0.3) is 0 Å². The standard InChI is InChI=1S/C12H15N3O3S/c1-3-17-11(16)9-7(2)15(13)12(19)14-10(9)8-5-4-6-18-8/h4-6,10H,3,13H2,1-2H3,(H,14,19). The van der Waals surface area contributed by atoms with Crippen LogP contribution in [0.1, 0.15) is 25.6 Å². The van der Waals surface area contributed by atoms with Crippen molar-refractivity contribution in [1.82, 2.24) is 10.3 Å². The quantitative estimate of drug-likeness (QED) is 0.490. The summed E-state index contributed by atoms with van der Waals surface area (Å²) in [5, 5.41) is 4.55. The Morgan fingerprint density at radius 1 is 1.68 bits per heavy atom. The minimum absolute atomic E-state index is 0.287. The van der Waals surface area contributed by atoms with E-state index in [0.717, 1.165) is 0 Å². The number of furan rings is 1. The van der Waals surface area contributed by atoms with Gasteiger partial charge in [-0.3, -0.25) is 5.01 Å². The van der Waals surface area contributed by atoms with E-state index in [2.05, 4.69) is 5.32 Å². The van der Waals surface area contributed by atoms with Gasteiger partial charge in [-0.1, -0.05) is 0 Å². The molecule has 0 fully saturated rings. The molecule has 102 valence electrons. The van der Waals surface area contributed by atoms with Gasteiger partial charge in [-0.25, -0.2) is 10.6 Å². The Morgan fingerprint density at radius 3 is 3.00 bits per heavy atom. The second-order valence-electron chi connectivity index (χ2n) is 3.99. The summed E-state index contributed by atoms with van der Waals surface area (Å²) in [6, 6.07) is 3.02. The fraction of sp³-hybridized carbons (Fsp3) is 0.333. The lowest BCUT2D eigenvalue weighted by Crippen LogP contribution is -2.50. The summed E-state index contributed by atoms with van der Waals surface area (Å²) in [6.07, 6.45) is 1.53. The highest BCUT2D eigenvalue weighted by atomic mass is 32.1. The minimum Gasteiger partial charge on any atom is -0.467 e. The van der Waals surface area contributed by atoms with Crippen molar-refractivity contribution in [3.63, 3.8) is 0 Å². The Bertz CT molecular complexity index is 524. The zero-order valence-electron chi connectivity index (χ0n) is 10.7. The van der Waals surface area contributed by atoms with Crippen LogP contribution in [0, 0.1) is 0 Å². The molecule has 19 heavy (non-hydrogen) atoms. The predicted molar refractivity (Wildman–Crippen MR) is 72.5 cm³/mol. The van der Waals surface area contributed by atoms with Crippen LogP contribution in [0.3, 0.4) is 0 Å². The Kier molecular flexibility index (Phi) is 3.87. The van der Waals surface area contributed by atoms with Gasteiger partial charge in [-0.05, 0) is 38.2 Å². The molecule has 2 rings (SSSR count). The molecular formula is C12H15N3O3S. The van der Waals surface area contributed by atoms with Crippen LogP contribution in [0.2, 0.25) is 0 Å². The first-order chi connectivity index (χ1) is 9.06. The molecule has 7 heteroatoms. The van der Waals surface area contributed by atoms with Gasteiger partial charge in [0, 0.05) is 5.70 Å². The van der Waals surface area contributed by atoms with E-state index in [-0.39, 0.29) is 6.61 Å². The summed E-state index contributed by atoms with van der Waals surface area (Å²) >= 11 is 5.12. The fourth-order valence-corrected chi connectivity index (χ4v) is 2.15. The van der Waals surface area contributed by atoms with E-state index in [0.29, 0.717) is 22.1 Å². The molecule has 0 aromatic carbocycles. The number of thiocarbonyl (C=S) groups is 1. The Morgan fingerprint density at radius 2 is 2.42 bits per heavy atom. The lowest BCUT2D eigenvalue weighted by molar-refractivity contribution is -0.139. The maximum Gasteiger partial charge on any atom is 0.338 e. The zero-order chi connectivity index (χ0) is 14.0. The summed E-state index contributed by atoms with van der Waals surface area (Å²) in [7, 11) is 0. The molecule has 3 N–H and O–H groups in total. The highest BCUT2D eigenvalue weighted by molar-refractivity contribution is 7.80. The number of carbonyl (C=O) groups is 1. The second kappa shape index (κ2) is 5.41. The molecular weight excluding hydrogens is 266 g/mol. The monoisotopic (exact) mass is 281 g/mol. The van der Waals surface area contributed by atoms with Crippen LogP contribution in [0.5, 0.6) is 0 Å². The van der Waals surface area contributed by atoms with Gasteiger partial charge < -0.3 is 14.5 Å². The normalized spacial score (nSPS) is 19.4. The van der Waals surface area contributed by atoms with Crippen molar-refractivity contribution >= 4 is 23.3 Å². The molecule has 1 atom stereocenters. The number of hydrogen-bond donors (Lipinski definition) is 2. The highest BCUT2D eigenvalue weighted by Gasteiger charge is 2.35. The summed E-state index contributed by atoms with van der Waals surface area (Å²) in [5.74, 6) is 5.94. The first-order valence-corrected chi connectivity index (χ1v) is 6.23. The average molecular weight is 281 g/mol. The molecule has 0 radical (unpaired) electrons. The summed E-state index contributed by atoms with van der Waals surface area (Å²) in [5.41, 5.74) is 0.941. The van der Waals surface area contributed by atoms with E-state index < -0.39 is 12.0 Å². The maximum absolute atomic E-state index is 12.1. The number of allylic oxidation sites excluding steroid dienone is 1. The molecule has 0 bridgehead atoms. The van der Waals surface area contributed by atoms with Crippen LogP contribution in [-0.4, -0.2) is 22.7 Å². The number of hydrogen-bond acceptors (Lipinski definition) is 5. The van der Waals surface area contributed by atoms with Crippen molar-refractivity contribution in [2.45, 2.75) is 19.9 Å². The van der Waals surface area contributed by atoms with Gasteiger partial charge in [0.1, 0.15) is 11.8 Å². The fourth-order valence-electron chi connectivity index (χ4n) is 1.90. The topological polar surface area (TPSA) is 80.7 Å². The van der Waals surface area contributed by atoms with Crippen molar-refractivity contribution in [2.24, 2.45) is 5.84 Å². The predicted octanol–water partition coefficient (Wildman–Crippen LogP) is 1.22. The smallest absolute Gasteiger partial charge is 0.338 e. The molecule has 1 unspecified atom stereocenters. The minimum atomic E-state index is -0.485. The second-order valence-corrected chi connectivity index (χ2v) is 4.37. The summed E-state index contributed by atoms with van der Waals surface area (Å²) in [6.45, 7) is 3.75. The largest absolute Gasteiger partial charge is 0.467 e. The molecule has 6 nitrogen and oxygen atoms in total. The first-order valence-electron chi connectivity index (χ1n) is 5.82. The number of ether oxygens (including phenoxy) is 1. The van der Waals surface area contributed by atoms with Gasteiger partial charge in [0.2, 0.25) is 0 Å². The number of carbonyl (C=O) groups excluding carboxylic acids is 1. The summed E-state index contributed by atoms with van der Waals surface area (Å²) < 4.78 is 10.4. The van der Waals surface area contributed by atoms with Gasteiger partial charge in [-0.15, -0.1) is 0 Å².